The Morgan fingerprint density at radius 1 is 1.52 bits per heavy atom. The van der Waals surface area contributed by atoms with Crippen molar-refractivity contribution in [3.63, 3.8) is 0 Å². The number of rotatable bonds is 5. The molecule has 1 aliphatic carbocycles. The van der Waals surface area contributed by atoms with Gasteiger partial charge in [-0.3, -0.25) is 9.69 Å². The topological polar surface area (TPSA) is 69.2 Å². The van der Waals surface area contributed by atoms with Gasteiger partial charge in [0, 0.05) is 11.4 Å². The molecule has 0 radical (unpaired) electrons. The zero-order valence-corrected chi connectivity index (χ0v) is 14.9. The Kier molecular flexibility index (Phi) is 4.85. The highest BCUT2D eigenvalue weighted by Crippen LogP contribution is 2.35. The molecule has 3 rings (SSSR count). The minimum atomic E-state index is -0.388. The molecule has 6 heteroatoms. The van der Waals surface area contributed by atoms with Gasteiger partial charge in [0.05, 0.1) is 18.0 Å². The molecule has 5 nitrogen and oxygen atoms in total. The summed E-state index contributed by atoms with van der Waals surface area (Å²) in [6.07, 6.45) is 2.82. The number of fused-ring (bicyclic) bond motifs is 3. The maximum absolute atomic E-state index is 12.5. The molecule has 2 atom stereocenters. The van der Waals surface area contributed by atoms with Crippen LogP contribution in [0.15, 0.2) is 4.79 Å². The summed E-state index contributed by atoms with van der Waals surface area (Å²) in [5.74, 6) is 1.38. The summed E-state index contributed by atoms with van der Waals surface area (Å²) >= 11 is 1.68. The molecule has 0 saturated heterocycles. The highest BCUT2D eigenvalue weighted by molar-refractivity contribution is 7.18. The van der Waals surface area contributed by atoms with Crippen LogP contribution in [0.1, 0.15) is 43.5 Å². The van der Waals surface area contributed by atoms with Crippen LogP contribution < -0.4 is 5.56 Å². The maximum Gasteiger partial charge on any atom is 0.259 e. The van der Waals surface area contributed by atoms with E-state index in [1.54, 1.807) is 18.3 Å². The second-order valence-electron chi connectivity index (χ2n) is 6.72. The second kappa shape index (κ2) is 6.71. The van der Waals surface area contributed by atoms with E-state index in [9.17, 15) is 9.90 Å². The summed E-state index contributed by atoms with van der Waals surface area (Å²) in [7, 11) is 0. The van der Waals surface area contributed by atoms with Gasteiger partial charge in [-0.2, -0.15) is 0 Å². The fraction of sp³-hybridized carbons (Fsp3) is 0.647. The number of aliphatic hydroxyl groups excluding tert-OH is 1. The number of nitrogens with one attached hydrogen (secondary N) is 1. The summed E-state index contributed by atoms with van der Waals surface area (Å²) in [6.45, 7) is 8.04. The molecule has 2 N–H and O–H groups in total. The van der Waals surface area contributed by atoms with Crippen LogP contribution in [0.25, 0.3) is 10.2 Å². The number of aromatic nitrogens is 2. The minimum absolute atomic E-state index is 0.00912. The van der Waals surface area contributed by atoms with E-state index < -0.39 is 0 Å². The van der Waals surface area contributed by atoms with Crippen molar-refractivity contribution in [2.45, 2.75) is 52.7 Å². The van der Waals surface area contributed by atoms with E-state index in [1.807, 2.05) is 6.92 Å². The third kappa shape index (κ3) is 3.49. The lowest BCUT2D eigenvalue weighted by molar-refractivity contribution is 0.124. The number of hydrogen-bond acceptors (Lipinski definition) is 5. The van der Waals surface area contributed by atoms with Gasteiger partial charge >= 0.3 is 0 Å². The zero-order chi connectivity index (χ0) is 16.6. The van der Waals surface area contributed by atoms with Crippen molar-refractivity contribution < 1.29 is 5.11 Å². The molecule has 2 aromatic heterocycles. The number of aryl methyl sites for hydroxylation is 1. The van der Waals surface area contributed by atoms with Gasteiger partial charge in [-0.1, -0.05) is 13.8 Å². The van der Waals surface area contributed by atoms with E-state index in [-0.39, 0.29) is 11.7 Å². The molecule has 0 spiro atoms. The first-order valence-electron chi connectivity index (χ1n) is 8.41. The number of thiophene rings is 1. The molecule has 0 fully saturated rings. The molecule has 0 saturated carbocycles. The summed E-state index contributed by atoms with van der Waals surface area (Å²) in [4.78, 5) is 24.5. The molecule has 2 heterocycles. The van der Waals surface area contributed by atoms with Crippen molar-refractivity contribution in [1.29, 1.82) is 0 Å². The Labute approximate surface area is 140 Å². The second-order valence-corrected chi connectivity index (χ2v) is 7.80. The molecule has 0 aromatic carbocycles. The lowest BCUT2D eigenvalue weighted by Crippen LogP contribution is -2.31. The monoisotopic (exact) mass is 335 g/mol. The van der Waals surface area contributed by atoms with Crippen LogP contribution in [0.2, 0.25) is 0 Å². The zero-order valence-electron chi connectivity index (χ0n) is 14.1. The first-order valence-corrected chi connectivity index (χ1v) is 9.23. The van der Waals surface area contributed by atoms with Crippen molar-refractivity contribution in [2.75, 3.05) is 13.1 Å². The highest BCUT2D eigenvalue weighted by atomic mass is 32.1. The van der Waals surface area contributed by atoms with Crippen LogP contribution in [-0.4, -0.2) is 39.2 Å². The third-order valence-corrected chi connectivity index (χ3v) is 5.71. The van der Waals surface area contributed by atoms with E-state index in [1.165, 1.54) is 10.4 Å². The number of H-pyrrole nitrogens is 1. The number of hydrogen-bond donors (Lipinski definition) is 2. The standard InChI is InChI=1S/C17H25N3O2S/c1-4-20(8-11(3)21)9-14-18-16(22)15-12-6-5-10(2)7-13(12)23-17(15)19-14/h10-11,21H,4-9H2,1-3H3,(H,18,19,22)/t10-,11-/m0/s1. The van der Waals surface area contributed by atoms with Crippen molar-refractivity contribution in [3.05, 3.63) is 26.6 Å². The smallest absolute Gasteiger partial charge is 0.259 e. The van der Waals surface area contributed by atoms with Gasteiger partial charge in [0.25, 0.3) is 5.56 Å². The predicted molar refractivity (Wildman–Crippen MR) is 94.1 cm³/mol. The molecule has 0 amide bonds. The van der Waals surface area contributed by atoms with E-state index in [4.69, 9.17) is 4.98 Å². The van der Waals surface area contributed by atoms with Crippen molar-refractivity contribution in [2.24, 2.45) is 5.92 Å². The van der Waals surface area contributed by atoms with E-state index in [0.29, 0.717) is 24.8 Å². The molecule has 23 heavy (non-hydrogen) atoms. The van der Waals surface area contributed by atoms with Gasteiger partial charge in [-0.05, 0) is 44.2 Å². The lowest BCUT2D eigenvalue weighted by Gasteiger charge is -2.21. The largest absolute Gasteiger partial charge is 0.392 e. The summed E-state index contributed by atoms with van der Waals surface area (Å²) < 4.78 is 0. The number of aromatic amines is 1. The SMILES string of the molecule is CCN(Cc1nc2sc3c(c2c(=O)[nH]1)CC[C@H](C)C3)C[C@H](C)O. The first-order chi connectivity index (χ1) is 11.0. The van der Waals surface area contributed by atoms with E-state index >= 15 is 0 Å². The Morgan fingerprint density at radius 3 is 3.00 bits per heavy atom. The Hall–Kier alpha value is -1.24. The highest BCUT2D eigenvalue weighted by Gasteiger charge is 2.23. The molecule has 0 bridgehead atoms. The Bertz CT molecular complexity index is 750. The van der Waals surface area contributed by atoms with E-state index in [2.05, 4.69) is 16.8 Å². The van der Waals surface area contributed by atoms with E-state index in [0.717, 1.165) is 36.0 Å². The summed E-state index contributed by atoms with van der Waals surface area (Å²) in [6, 6.07) is 0. The summed E-state index contributed by atoms with van der Waals surface area (Å²) in [5, 5.41) is 10.4. The van der Waals surface area contributed by atoms with Gasteiger partial charge in [-0.25, -0.2) is 4.98 Å². The van der Waals surface area contributed by atoms with Gasteiger partial charge in [0.1, 0.15) is 10.7 Å². The molecule has 126 valence electrons. The third-order valence-electron chi connectivity index (χ3n) is 4.56. The van der Waals surface area contributed by atoms with Gasteiger partial charge in [0.15, 0.2) is 0 Å². The van der Waals surface area contributed by atoms with Gasteiger partial charge < -0.3 is 10.1 Å². The molecule has 0 unspecified atom stereocenters. The Morgan fingerprint density at radius 2 is 2.30 bits per heavy atom. The van der Waals surface area contributed by atoms with Crippen LogP contribution in [0, 0.1) is 5.92 Å². The normalized spacial score (nSPS) is 19.3. The number of likely N-dealkylation sites (N-methyl/N-ethyl adjacent to an activating group) is 1. The fourth-order valence-electron chi connectivity index (χ4n) is 3.36. The van der Waals surface area contributed by atoms with Crippen molar-refractivity contribution in [3.8, 4) is 0 Å². The maximum atomic E-state index is 12.5. The average Bonchev–Trinajstić information content (AvgIpc) is 2.83. The molecular weight excluding hydrogens is 310 g/mol. The molecular formula is C17H25N3O2S. The minimum Gasteiger partial charge on any atom is -0.392 e. The molecule has 2 aromatic rings. The Balaban J connectivity index is 1.94. The van der Waals surface area contributed by atoms with Gasteiger partial charge in [-0.15, -0.1) is 11.3 Å². The van der Waals surface area contributed by atoms with Gasteiger partial charge in [0.2, 0.25) is 0 Å². The predicted octanol–water partition coefficient (Wildman–Crippen LogP) is 2.31. The van der Waals surface area contributed by atoms with Crippen LogP contribution in [0.5, 0.6) is 0 Å². The first kappa shape index (κ1) is 16.6. The van der Waals surface area contributed by atoms with Crippen LogP contribution in [0.4, 0.5) is 0 Å². The molecule has 0 aliphatic heterocycles. The van der Waals surface area contributed by atoms with Crippen LogP contribution in [0.3, 0.4) is 0 Å². The van der Waals surface area contributed by atoms with Crippen LogP contribution in [-0.2, 0) is 19.4 Å². The quantitative estimate of drug-likeness (QED) is 0.880. The average molecular weight is 335 g/mol. The van der Waals surface area contributed by atoms with Crippen LogP contribution >= 0.6 is 11.3 Å². The van der Waals surface area contributed by atoms with Crippen molar-refractivity contribution >= 4 is 21.6 Å². The number of nitrogens with zero attached hydrogens (tertiary/aromatic N) is 2. The molecule has 1 aliphatic rings. The number of aliphatic hydroxyl groups is 1. The lowest BCUT2D eigenvalue weighted by atomic mass is 9.89. The fourth-order valence-corrected chi connectivity index (χ4v) is 4.76. The van der Waals surface area contributed by atoms with Crippen molar-refractivity contribution in [1.82, 2.24) is 14.9 Å². The summed E-state index contributed by atoms with van der Waals surface area (Å²) in [5.41, 5.74) is 1.21.